The van der Waals surface area contributed by atoms with E-state index in [1.165, 1.54) is 6.20 Å². The van der Waals surface area contributed by atoms with Gasteiger partial charge >= 0.3 is 11.8 Å². The summed E-state index contributed by atoms with van der Waals surface area (Å²) in [6.07, 6.45) is 3.11. The highest BCUT2D eigenvalue weighted by Gasteiger charge is 2.34. The van der Waals surface area contributed by atoms with Gasteiger partial charge in [0.2, 0.25) is 0 Å². The molecule has 2 heterocycles. The van der Waals surface area contributed by atoms with Gasteiger partial charge in [-0.2, -0.15) is 0 Å². The molecule has 1 aliphatic rings. The van der Waals surface area contributed by atoms with Crippen LogP contribution in [0.3, 0.4) is 0 Å². The zero-order valence-corrected chi connectivity index (χ0v) is 17.2. The van der Waals surface area contributed by atoms with Crippen LogP contribution < -0.4 is 11.1 Å². The van der Waals surface area contributed by atoms with Crippen LogP contribution in [-0.2, 0) is 9.59 Å². The molecule has 3 N–H and O–H groups in total. The molecule has 1 saturated heterocycles. The number of halogens is 2. The molecule has 28 heavy (non-hydrogen) atoms. The Morgan fingerprint density at radius 3 is 2.50 bits per heavy atom. The standard InChI is InChI=1S/C20H22Cl2N4O2/c1-11-3-4-17(13-6-14(21)8-15(22)7-13)26(10-11)20(28)19(27)25-16-5-12(2)18(23)24-9-16/h5-9,11,17H,3-4,10H2,1-2H3,(H2,23,24)(H,25,27)/t11-,17+/m1/s1. The highest BCUT2D eigenvalue weighted by molar-refractivity contribution is 6.39. The molecule has 0 radical (unpaired) electrons. The number of aryl methyl sites for hydroxylation is 1. The number of pyridine rings is 1. The van der Waals surface area contributed by atoms with Crippen LogP contribution in [0.4, 0.5) is 11.5 Å². The number of carbonyl (C=O) groups is 2. The number of carbonyl (C=O) groups excluding carboxylic acids is 2. The van der Waals surface area contributed by atoms with Gasteiger partial charge in [-0.25, -0.2) is 4.98 Å². The molecule has 0 unspecified atom stereocenters. The Bertz CT molecular complexity index is 899. The fraction of sp³-hybridized carbons (Fsp3) is 0.350. The lowest BCUT2D eigenvalue weighted by Gasteiger charge is -2.38. The second-order valence-electron chi connectivity index (χ2n) is 7.24. The first kappa shape index (κ1) is 20.4. The summed E-state index contributed by atoms with van der Waals surface area (Å²) < 4.78 is 0. The van der Waals surface area contributed by atoms with E-state index in [2.05, 4.69) is 17.2 Å². The van der Waals surface area contributed by atoms with Crippen molar-refractivity contribution in [2.45, 2.75) is 32.7 Å². The lowest BCUT2D eigenvalue weighted by Crippen LogP contribution is -2.46. The number of aromatic nitrogens is 1. The maximum atomic E-state index is 13.0. The summed E-state index contributed by atoms with van der Waals surface area (Å²) in [5.74, 6) is -0.629. The number of likely N-dealkylation sites (tertiary alicyclic amines) is 1. The van der Waals surface area contributed by atoms with Crippen molar-refractivity contribution in [3.05, 3.63) is 51.6 Å². The molecule has 148 valence electrons. The third-order valence-corrected chi connectivity index (χ3v) is 5.36. The Kier molecular flexibility index (Phi) is 6.10. The first-order valence-electron chi connectivity index (χ1n) is 9.04. The van der Waals surface area contributed by atoms with E-state index in [1.807, 2.05) is 0 Å². The van der Waals surface area contributed by atoms with Crippen molar-refractivity contribution in [1.29, 1.82) is 0 Å². The normalized spacial score (nSPS) is 19.4. The molecule has 3 rings (SSSR count). The molecular formula is C20H22Cl2N4O2. The number of amides is 2. The predicted octanol–water partition coefficient (Wildman–Crippen LogP) is 4.22. The largest absolute Gasteiger partial charge is 0.383 e. The number of nitrogens with two attached hydrogens (primary N) is 1. The van der Waals surface area contributed by atoms with Crippen molar-refractivity contribution in [3.63, 3.8) is 0 Å². The summed E-state index contributed by atoms with van der Waals surface area (Å²) in [5.41, 5.74) is 7.68. The minimum Gasteiger partial charge on any atom is -0.383 e. The van der Waals surface area contributed by atoms with Crippen molar-refractivity contribution in [2.75, 3.05) is 17.6 Å². The summed E-state index contributed by atoms with van der Waals surface area (Å²) in [6, 6.07) is 6.66. The smallest absolute Gasteiger partial charge is 0.313 e. The van der Waals surface area contributed by atoms with Crippen LogP contribution in [0.1, 0.15) is 36.9 Å². The van der Waals surface area contributed by atoms with Gasteiger partial charge in [0.05, 0.1) is 17.9 Å². The molecule has 0 saturated carbocycles. The number of piperidine rings is 1. The van der Waals surface area contributed by atoms with Gasteiger partial charge in [-0.1, -0.05) is 30.1 Å². The van der Waals surface area contributed by atoms with Crippen LogP contribution >= 0.6 is 23.2 Å². The van der Waals surface area contributed by atoms with Gasteiger partial charge in [0.15, 0.2) is 0 Å². The van der Waals surface area contributed by atoms with Crippen molar-refractivity contribution < 1.29 is 9.59 Å². The molecule has 1 aliphatic heterocycles. The van der Waals surface area contributed by atoms with E-state index in [1.54, 1.807) is 36.1 Å². The number of nitrogen functional groups attached to an aromatic ring is 1. The average molecular weight is 421 g/mol. The zero-order chi connectivity index (χ0) is 20.4. The quantitative estimate of drug-likeness (QED) is 0.711. The lowest BCUT2D eigenvalue weighted by atomic mass is 9.90. The van der Waals surface area contributed by atoms with E-state index < -0.39 is 11.8 Å². The van der Waals surface area contributed by atoms with Crippen molar-refractivity contribution in [1.82, 2.24) is 9.88 Å². The maximum absolute atomic E-state index is 13.0. The Morgan fingerprint density at radius 2 is 1.86 bits per heavy atom. The van der Waals surface area contributed by atoms with Gasteiger partial charge in [-0.05, 0) is 61.1 Å². The Labute approximate surface area is 174 Å². The number of hydrogen-bond acceptors (Lipinski definition) is 4. The van der Waals surface area contributed by atoms with Crippen LogP contribution in [-0.4, -0.2) is 28.2 Å². The number of rotatable bonds is 2. The highest BCUT2D eigenvalue weighted by Crippen LogP contribution is 2.35. The fourth-order valence-electron chi connectivity index (χ4n) is 3.46. The van der Waals surface area contributed by atoms with Crippen molar-refractivity contribution in [2.24, 2.45) is 5.92 Å². The molecule has 1 aromatic carbocycles. The van der Waals surface area contributed by atoms with Gasteiger partial charge in [0.25, 0.3) is 0 Å². The fourth-order valence-corrected chi connectivity index (χ4v) is 4.00. The van der Waals surface area contributed by atoms with E-state index >= 15 is 0 Å². The highest BCUT2D eigenvalue weighted by atomic mass is 35.5. The van der Waals surface area contributed by atoms with Crippen LogP contribution in [0.5, 0.6) is 0 Å². The number of nitrogens with one attached hydrogen (secondary N) is 1. The molecule has 0 bridgehead atoms. The van der Waals surface area contributed by atoms with Crippen molar-refractivity contribution >= 4 is 46.5 Å². The third-order valence-electron chi connectivity index (χ3n) is 4.92. The van der Waals surface area contributed by atoms with E-state index in [0.717, 1.165) is 24.0 Å². The van der Waals surface area contributed by atoms with Crippen LogP contribution in [0.2, 0.25) is 10.0 Å². The predicted molar refractivity (Wildman–Crippen MR) is 111 cm³/mol. The molecule has 1 aromatic heterocycles. The average Bonchev–Trinajstić information content (AvgIpc) is 2.63. The molecule has 8 heteroatoms. The van der Waals surface area contributed by atoms with E-state index in [9.17, 15) is 9.59 Å². The Balaban J connectivity index is 1.83. The van der Waals surface area contributed by atoms with Crippen molar-refractivity contribution in [3.8, 4) is 0 Å². The first-order valence-corrected chi connectivity index (χ1v) is 9.80. The summed E-state index contributed by atoms with van der Waals surface area (Å²) in [6.45, 7) is 4.33. The second kappa shape index (κ2) is 8.37. The summed E-state index contributed by atoms with van der Waals surface area (Å²) in [5, 5.41) is 3.62. The number of anilines is 2. The van der Waals surface area contributed by atoms with Gasteiger partial charge in [-0.15, -0.1) is 0 Å². The van der Waals surface area contributed by atoms with E-state index in [-0.39, 0.29) is 6.04 Å². The third kappa shape index (κ3) is 4.56. The number of hydrogen-bond donors (Lipinski definition) is 2. The zero-order valence-electron chi connectivity index (χ0n) is 15.7. The molecule has 0 spiro atoms. The van der Waals surface area contributed by atoms with Gasteiger partial charge < -0.3 is 16.0 Å². The SMILES string of the molecule is Cc1cc(NC(=O)C(=O)N2C[C@H](C)CC[C@H]2c2cc(Cl)cc(Cl)c2)cnc1N. The van der Waals surface area contributed by atoms with Crippen LogP contribution in [0.25, 0.3) is 0 Å². The minimum absolute atomic E-state index is 0.253. The Hall–Kier alpha value is -2.31. The monoisotopic (exact) mass is 420 g/mol. The van der Waals surface area contributed by atoms with E-state index in [0.29, 0.717) is 34.0 Å². The second-order valence-corrected chi connectivity index (χ2v) is 8.11. The minimum atomic E-state index is -0.710. The van der Waals surface area contributed by atoms with Crippen LogP contribution in [0.15, 0.2) is 30.5 Å². The van der Waals surface area contributed by atoms with E-state index in [4.69, 9.17) is 28.9 Å². The number of benzene rings is 1. The van der Waals surface area contributed by atoms with Gasteiger partial charge in [0, 0.05) is 16.6 Å². The maximum Gasteiger partial charge on any atom is 0.313 e. The summed E-state index contributed by atoms with van der Waals surface area (Å²) >= 11 is 12.3. The molecule has 2 amide bonds. The molecule has 2 atom stereocenters. The van der Waals surface area contributed by atoms with Gasteiger partial charge in [0.1, 0.15) is 5.82 Å². The molecule has 0 aliphatic carbocycles. The molecular weight excluding hydrogens is 399 g/mol. The topological polar surface area (TPSA) is 88.3 Å². The van der Waals surface area contributed by atoms with Crippen LogP contribution in [0, 0.1) is 12.8 Å². The first-order chi connectivity index (χ1) is 13.2. The summed E-state index contributed by atoms with van der Waals surface area (Å²) in [4.78, 5) is 31.2. The molecule has 1 fully saturated rings. The molecule has 6 nitrogen and oxygen atoms in total. The molecule has 2 aromatic rings. The summed E-state index contributed by atoms with van der Waals surface area (Å²) in [7, 11) is 0. The van der Waals surface area contributed by atoms with Gasteiger partial charge in [-0.3, -0.25) is 9.59 Å². The lowest BCUT2D eigenvalue weighted by molar-refractivity contribution is -0.146. The Morgan fingerprint density at radius 1 is 1.18 bits per heavy atom. The number of nitrogens with zero attached hydrogens (tertiary/aromatic N) is 2.